The van der Waals surface area contributed by atoms with E-state index in [1.807, 2.05) is 0 Å². The summed E-state index contributed by atoms with van der Waals surface area (Å²) >= 11 is 0. The number of carbonyl (C=O) groups is 2. The van der Waals surface area contributed by atoms with Crippen molar-refractivity contribution < 1.29 is 19.1 Å². The number of halogens is 1. The van der Waals surface area contributed by atoms with Gasteiger partial charge in [0.1, 0.15) is 0 Å². The largest absolute Gasteiger partial charge is 0.481 e. The summed E-state index contributed by atoms with van der Waals surface area (Å²) in [6, 6.07) is 1.27. The Bertz CT molecular complexity index is 423. The second-order valence-electron chi connectivity index (χ2n) is 3.77. The highest BCUT2D eigenvalue weighted by Gasteiger charge is 2.13. The van der Waals surface area contributed by atoms with Gasteiger partial charge in [-0.15, -0.1) is 0 Å². The molecule has 1 aromatic heterocycles. The summed E-state index contributed by atoms with van der Waals surface area (Å²) in [5, 5.41) is 11.0. The summed E-state index contributed by atoms with van der Waals surface area (Å²) in [6.07, 6.45) is 2.23. The van der Waals surface area contributed by atoms with Gasteiger partial charge < -0.3 is 10.4 Å². The lowest BCUT2D eigenvalue weighted by Gasteiger charge is -2.10. The predicted molar refractivity (Wildman–Crippen MR) is 57.9 cm³/mol. The second kappa shape index (κ2) is 5.93. The van der Waals surface area contributed by atoms with Crippen LogP contribution in [0.1, 0.15) is 23.7 Å². The van der Waals surface area contributed by atoms with Gasteiger partial charge in [-0.1, -0.05) is 6.92 Å². The molecule has 0 saturated carbocycles. The van der Waals surface area contributed by atoms with E-state index in [1.165, 1.54) is 12.3 Å². The van der Waals surface area contributed by atoms with E-state index >= 15 is 0 Å². The number of hydrogen-bond acceptors (Lipinski definition) is 3. The molecular weight excluding hydrogens is 227 g/mol. The molecule has 92 valence electrons. The zero-order valence-electron chi connectivity index (χ0n) is 9.31. The van der Waals surface area contributed by atoms with Crippen LogP contribution in [-0.4, -0.2) is 28.5 Å². The molecule has 0 fully saturated rings. The van der Waals surface area contributed by atoms with Crippen LogP contribution in [0.4, 0.5) is 4.39 Å². The number of hydrogen-bond donors (Lipinski definition) is 2. The molecule has 17 heavy (non-hydrogen) atoms. The van der Waals surface area contributed by atoms with Crippen LogP contribution in [0, 0.1) is 11.7 Å². The Morgan fingerprint density at radius 3 is 2.88 bits per heavy atom. The molecule has 1 amide bonds. The number of aliphatic carboxylic acids is 1. The van der Waals surface area contributed by atoms with Crippen LogP contribution in [0.5, 0.6) is 0 Å². The molecule has 5 nitrogen and oxygen atoms in total. The van der Waals surface area contributed by atoms with E-state index in [2.05, 4.69) is 10.3 Å². The number of nitrogens with one attached hydrogen (secondary N) is 1. The molecule has 0 saturated heterocycles. The Balaban J connectivity index is 2.51. The molecule has 2 N–H and O–H groups in total. The van der Waals surface area contributed by atoms with Crippen LogP contribution < -0.4 is 5.32 Å². The number of carboxylic acid groups (broad SMARTS) is 1. The van der Waals surface area contributed by atoms with Crippen LogP contribution in [0.25, 0.3) is 0 Å². The fraction of sp³-hybridized carbons (Fsp3) is 0.364. The van der Waals surface area contributed by atoms with E-state index in [-0.39, 0.29) is 24.4 Å². The first-order chi connectivity index (χ1) is 8.00. The SMILES string of the molecule is CC(CNC(=O)c1ccncc1F)CC(=O)O. The molecule has 0 radical (unpaired) electrons. The van der Waals surface area contributed by atoms with E-state index < -0.39 is 17.7 Å². The maximum Gasteiger partial charge on any atom is 0.303 e. The van der Waals surface area contributed by atoms with Gasteiger partial charge in [0.05, 0.1) is 11.8 Å². The van der Waals surface area contributed by atoms with Crippen LogP contribution >= 0.6 is 0 Å². The monoisotopic (exact) mass is 240 g/mol. The molecular formula is C11H13FN2O3. The molecule has 1 rings (SSSR count). The number of rotatable bonds is 5. The summed E-state index contributed by atoms with van der Waals surface area (Å²) in [5.74, 6) is -2.40. The number of carbonyl (C=O) groups excluding carboxylic acids is 1. The Morgan fingerprint density at radius 1 is 1.59 bits per heavy atom. The van der Waals surface area contributed by atoms with Crippen LogP contribution in [0.3, 0.4) is 0 Å². The number of nitrogens with zero attached hydrogens (tertiary/aromatic N) is 1. The standard InChI is InChI=1S/C11H13FN2O3/c1-7(4-10(15)16)5-14-11(17)8-2-3-13-6-9(8)12/h2-3,6-7H,4-5H2,1H3,(H,14,17)(H,15,16). The summed E-state index contributed by atoms with van der Waals surface area (Å²) in [5.41, 5.74) is -0.0949. The first-order valence-corrected chi connectivity index (χ1v) is 5.10. The summed E-state index contributed by atoms with van der Waals surface area (Å²) in [7, 11) is 0. The lowest BCUT2D eigenvalue weighted by atomic mass is 10.1. The van der Waals surface area contributed by atoms with E-state index in [4.69, 9.17) is 5.11 Å². The van der Waals surface area contributed by atoms with Gasteiger partial charge in [0.2, 0.25) is 0 Å². The molecule has 0 aromatic carbocycles. The fourth-order valence-corrected chi connectivity index (χ4v) is 1.29. The van der Waals surface area contributed by atoms with Crippen molar-refractivity contribution in [3.05, 3.63) is 29.8 Å². The number of amides is 1. The second-order valence-corrected chi connectivity index (χ2v) is 3.77. The Kier molecular flexibility index (Phi) is 4.56. The summed E-state index contributed by atoms with van der Waals surface area (Å²) in [4.78, 5) is 25.5. The van der Waals surface area contributed by atoms with Gasteiger partial charge in [0, 0.05) is 19.2 Å². The molecule has 0 bridgehead atoms. The van der Waals surface area contributed by atoms with Crippen LogP contribution in [0.2, 0.25) is 0 Å². The maximum atomic E-state index is 13.2. The van der Waals surface area contributed by atoms with E-state index in [9.17, 15) is 14.0 Å². The zero-order valence-corrected chi connectivity index (χ0v) is 9.31. The highest BCUT2D eigenvalue weighted by atomic mass is 19.1. The van der Waals surface area contributed by atoms with Gasteiger partial charge in [0.15, 0.2) is 5.82 Å². The van der Waals surface area contributed by atoms with Gasteiger partial charge in [-0.2, -0.15) is 0 Å². The highest BCUT2D eigenvalue weighted by molar-refractivity contribution is 5.94. The average molecular weight is 240 g/mol. The highest BCUT2D eigenvalue weighted by Crippen LogP contribution is 2.05. The quantitative estimate of drug-likeness (QED) is 0.806. The molecule has 1 unspecified atom stereocenters. The molecule has 0 aliphatic rings. The molecule has 0 aliphatic carbocycles. The van der Waals surface area contributed by atoms with E-state index in [1.54, 1.807) is 6.92 Å². The molecule has 0 spiro atoms. The van der Waals surface area contributed by atoms with Crippen molar-refractivity contribution >= 4 is 11.9 Å². The summed E-state index contributed by atoms with van der Waals surface area (Å²) < 4.78 is 13.2. The number of aromatic nitrogens is 1. The smallest absolute Gasteiger partial charge is 0.303 e. The molecule has 6 heteroatoms. The third-order valence-corrected chi connectivity index (χ3v) is 2.15. The molecule has 1 heterocycles. The fourth-order valence-electron chi connectivity index (χ4n) is 1.29. The van der Waals surface area contributed by atoms with Gasteiger partial charge in [-0.05, 0) is 12.0 Å². The minimum atomic E-state index is -0.929. The van der Waals surface area contributed by atoms with Crippen molar-refractivity contribution in [1.29, 1.82) is 0 Å². The topological polar surface area (TPSA) is 79.3 Å². The first-order valence-electron chi connectivity index (χ1n) is 5.10. The Morgan fingerprint density at radius 2 is 2.29 bits per heavy atom. The minimum Gasteiger partial charge on any atom is -0.481 e. The van der Waals surface area contributed by atoms with Crippen LogP contribution in [-0.2, 0) is 4.79 Å². The predicted octanol–water partition coefficient (Wildman–Crippen LogP) is 1.06. The molecule has 0 aliphatic heterocycles. The van der Waals surface area contributed by atoms with Crippen molar-refractivity contribution in [2.24, 2.45) is 5.92 Å². The van der Waals surface area contributed by atoms with E-state index in [0.717, 1.165) is 6.20 Å². The number of pyridine rings is 1. The first kappa shape index (κ1) is 13.1. The lowest BCUT2D eigenvalue weighted by molar-refractivity contribution is -0.137. The average Bonchev–Trinajstić information content (AvgIpc) is 2.25. The zero-order chi connectivity index (χ0) is 12.8. The third-order valence-electron chi connectivity index (χ3n) is 2.15. The van der Waals surface area contributed by atoms with Crippen molar-refractivity contribution in [2.45, 2.75) is 13.3 Å². The van der Waals surface area contributed by atoms with Crippen molar-refractivity contribution in [2.75, 3.05) is 6.54 Å². The van der Waals surface area contributed by atoms with Gasteiger partial charge in [0.25, 0.3) is 5.91 Å². The van der Waals surface area contributed by atoms with Crippen molar-refractivity contribution in [3.8, 4) is 0 Å². The molecule has 1 aromatic rings. The Labute approximate surface area is 97.7 Å². The van der Waals surface area contributed by atoms with Crippen LogP contribution in [0.15, 0.2) is 18.5 Å². The maximum absolute atomic E-state index is 13.2. The third kappa shape index (κ3) is 4.18. The van der Waals surface area contributed by atoms with Gasteiger partial charge >= 0.3 is 5.97 Å². The summed E-state index contributed by atoms with van der Waals surface area (Å²) in [6.45, 7) is 1.88. The lowest BCUT2D eigenvalue weighted by Crippen LogP contribution is -2.29. The van der Waals surface area contributed by atoms with Gasteiger partial charge in [-0.3, -0.25) is 14.6 Å². The van der Waals surface area contributed by atoms with Gasteiger partial charge in [-0.25, -0.2) is 4.39 Å². The Hall–Kier alpha value is -1.98. The van der Waals surface area contributed by atoms with Crippen molar-refractivity contribution in [1.82, 2.24) is 10.3 Å². The molecule has 1 atom stereocenters. The van der Waals surface area contributed by atoms with Crippen molar-refractivity contribution in [3.63, 3.8) is 0 Å². The van der Waals surface area contributed by atoms with E-state index in [0.29, 0.717) is 0 Å². The normalized spacial score (nSPS) is 11.9. The minimum absolute atomic E-state index is 0.0426. The number of carboxylic acids is 1.